The van der Waals surface area contributed by atoms with Gasteiger partial charge in [-0.15, -0.1) is 0 Å². The summed E-state index contributed by atoms with van der Waals surface area (Å²) in [5.74, 6) is 0.910. The molecule has 1 fully saturated rings. The highest BCUT2D eigenvalue weighted by Crippen LogP contribution is 2.25. The Labute approximate surface area is 171 Å². The van der Waals surface area contributed by atoms with Gasteiger partial charge in [-0.05, 0) is 51.9 Å². The lowest BCUT2D eigenvalue weighted by Gasteiger charge is -2.27. The molecule has 0 radical (unpaired) electrons. The second-order valence-corrected chi connectivity index (χ2v) is 7.47. The number of likely N-dealkylation sites (tertiary alicyclic amines) is 1. The lowest BCUT2D eigenvalue weighted by molar-refractivity contribution is 0.180. The molecule has 0 spiro atoms. The minimum atomic E-state index is 0.357. The largest absolute Gasteiger partial charge is 0.385 e. The van der Waals surface area contributed by atoms with Crippen LogP contribution in [0.15, 0.2) is 35.3 Å². The summed E-state index contributed by atoms with van der Waals surface area (Å²) in [6.45, 7) is 9.85. The van der Waals surface area contributed by atoms with Crippen LogP contribution in [0.2, 0.25) is 0 Å². The first-order valence-corrected chi connectivity index (χ1v) is 10.7. The van der Waals surface area contributed by atoms with Crippen molar-refractivity contribution in [2.24, 2.45) is 4.99 Å². The Bertz CT molecular complexity index is 545. The maximum absolute atomic E-state index is 5.12. The van der Waals surface area contributed by atoms with Crippen LogP contribution < -0.4 is 10.6 Å². The zero-order valence-electron chi connectivity index (χ0n) is 18.0. The van der Waals surface area contributed by atoms with Crippen molar-refractivity contribution in [1.82, 2.24) is 20.4 Å². The summed E-state index contributed by atoms with van der Waals surface area (Å²) in [7, 11) is 3.91. The topological polar surface area (TPSA) is 52.1 Å². The number of methoxy groups -OCH3 is 1. The smallest absolute Gasteiger partial charge is 0.191 e. The maximum Gasteiger partial charge on any atom is 0.191 e. The summed E-state index contributed by atoms with van der Waals surface area (Å²) in [4.78, 5) is 9.82. The Hall–Kier alpha value is -1.63. The lowest BCUT2D eigenvalue weighted by Crippen LogP contribution is -2.41. The Morgan fingerprint density at radius 1 is 1.18 bits per heavy atom. The van der Waals surface area contributed by atoms with E-state index in [2.05, 4.69) is 64.7 Å². The van der Waals surface area contributed by atoms with Gasteiger partial charge in [-0.3, -0.25) is 9.89 Å². The number of ether oxygens (including phenoxy) is 1. The zero-order chi connectivity index (χ0) is 20.0. The fourth-order valence-electron chi connectivity index (χ4n) is 3.64. The van der Waals surface area contributed by atoms with Crippen molar-refractivity contribution in [3.8, 4) is 0 Å². The van der Waals surface area contributed by atoms with Crippen molar-refractivity contribution in [2.75, 3.05) is 66.6 Å². The lowest BCUT2D eigenvalue weighted by atomic mass is 10.1. The number of likely N-dealkylation sites (N-methyl/N-ethyl adjacent to an activating group) is 1. The number of aliphatic imine (C=N–C) groups is 1. The predicted molar refractivity (Wildman–Crippen MR) is 118 cm³/mol. The van der Waals surface area contributed by atoms with E-state index in [0.717, 1.165) is 51.7 Å². The van der Waals surface area contributed by atoms with E-state index in [1.54, 1.807) is 7.11 Å². The molecule has 6 heteroatoms. The SMILES string of the molecule is CCNC(=NCC(c1ccccc1)N1CCCC1)NCCN(C)CCCOC. The first-order valence-electron chi connectivity index (χ1n) is 10.7. The van der Waals surface area contributed by atoms with Gasteiger partial charge in [0, 0.05) is 39.9 Å². The molecule has 1 aromatic rings. The third-order valence-electron chi connectivity index (χ3n) is 5.21. The highest BCUT2D eigenvalue weighted by molar-refractivity contribution is 5.79. The molecular formula is C22H39N5O. The molecule has 0 amide bonds. The average Bonchev–Trinajstić information content (AvgIpc) is 3.23. The third-order valence-corrected chi connectivity index (χ3v) is 5.21. The molecule has 1 unspecified atom stereocenters. The van der Waals surface area contributed by atoms with E-state index >= 15 is 0 Å². The molecule has 2 N–H and O–H groups in total. The van der Waals surface area contributed by atoms with Crippen LogP contribution in [-0.4, -0.2) is 82.3 Å². The molecule has 1 aliphatic rings. The van der Waals surface area contributed by atoms with Crippen LogP contribution in [-0.2, 0) is 4.74 Å². The van der Waals surface area contributed by atoms with Crippen molar-refractivity contribution < 1.29 is 4.74 Å². The van der Waals surface area contributed by atoms with Crippen molar-refractivity contribution in [3.63, 3.8) is 0 Å². The zero-order valence-corrected chi connectivity index (χ0v) is 18.0. The predicted octanol–water partition coefficient (Wildman–Crippen LogP) is 2.35. The highest BCUT2D eigenvalue weighted by Gasteiger charge is 2.23. The highest BCUT2D eigenvalue weighted by atomic mass is 16.5. The third kappa shape index (κ3) is 8.17. The summed E-state index contributed by atoms with van der Waals surface area (Å²) in [5, 5.41) is 6.87. The van der Waals surface area contributed by atoms with Gasteiger partial charge >= 0.3 is 0 Å². The van der Waals surface area contributed by atoms with E-state index in [1.807, 2.05) is 0 Å². The number of benzene rings is 1. The van der Waals surface area contributed by atoms with Gasteiger partial charge < -0.3 is 20.3 Å². The van der Waals surface area contributed by atoms with Crippen LogP contribution in [0.1, 0.15) is 37.8 Å². The quantitative estimate of drug-likeness (QED) is 0.326. The molecule has 0 bridgehead atoms. The number of nitrogens with zero attached hydrogens (tertiary/aromatic N) is 3. The summed E-state index contributed by atoms with van der Waals surface area (Å²) >= 11 is 0. The summed E-state index contributed by atoms with van der Waals surface area (Å²) in [6, 6.07) is 11.2. The number of guanidine groups is 1. The Morgan fingerprint density at radius 2 is 1.93 bits per heavy atom. The fourth-order valence-corrected chi connectivity index (χ4v) is 3.64. The Balaban J connectivity index is 1.89. The van der Waals surface area contributed by atoms with Crippen LogP contribution in [0.5, 0.6) is 0 Å². The van der Waals surface area contributed by atoms with E-state index < -0.39 is 0 Å². The molecule has 1 aliphatic heterocycles. The number of hydrogen-bond acceptors (Lipinski definition) is 4. The minimum Gasteiger partial charge on any atom is -0.385 e. The van der Waals surface area contributed by atoms with E-state index in [9.17, 15) is 0 Å². The number of hydrogen-bond donors (Lipinski definition) is 2. The maximum atomic E-state index is 5.12. The molecule has 0 aromatic heterocycles. The van der Waals surface area contributed by atoms with Crippen LogP contribution >= 0.6 is 0 Å². The fraction of sp³-hybridized carbons (Fsp3) is 0.682. The Morgan fingerprint density at radius 3 is 2.61 bits per heavy atom. The molecule has 0 aliphatic carbocycles. The van der Waals surface area contributed by atoms with E-state index in [0.29, 0.717) is 6.04 Å². The standard InChI is InChI=1S/C22H39N5O/c1-4-23-22(24-13-17-26(2)14-10-18-28-3)25-19-21(27-15-8-9-16-27)20-11-6-5-7-12-20/h5-7,11-12,21H,4,8-10,13-19H2,1-3H3,(H2,23,24,25). The monoisotopic (exact) mass is 389 g/mol. The van der Waals surface area contributed by atoms with Crippen LogP contribution in [0, 0.1) is 0 Å². The van der Waals surface area contributed by atoms with Crippen LogP contribution in [0.4, 0.5) is 0 Å². The van der Waals surface area contributed by atoms with Crippen LogP contribution in [0.3, 0.4) is 0 Å². The second-order valence-electron chi connectivity index (χ2n) is 7.47. The van der Waals surface area contributed by atoms with Crippen molar-refractivity contribution in [2.45, 2.75) is 32.2 Å². The molecule has 2 rings (SSSR count). The average molecular weight is 390 g/mol. The van der Waals surface area contributed by atoms with Gasteiger partial charge in [-0.25, -0.2) is 0 Å². The molecule has 0 saturated carbocycles. The number of rotatable bonds is 12. The van der Waals surface area contributed by atoms with Crippen LogP contribution in [0.25, 0.3) is 0 Å². The summed E-state index contributed by atoms with van der Waals surface area (Å²) in [5.41, 5.74) is 1.36. The van der Waals surface area contributed by atoms with Gasteiger partial charge in [-0.2, -0.15) is 0 Å². The second kappa shape index (κ2) is 13.5. The van der Waals surface area contributed by atoms with Crippen molar-refractivity contribution in [1.29, 1.82) is 0 Å². The van der Waals surface area contributed by atoms with E-state index in [4.69, 9.17) is 9.73 Å². The van der Waals surface area contributed by atoms with Crippen molar-refractivity contribution >= 4 is 5.96 Å². The molecule has 1 heterocycles. The molecule has 6 nitrogen and oxygen atoms in total. The van der Waals surface area contributed by atoms with Gasteiger partial charge in [0.05, 0.1) is 12.6 Å². The van der Waals surface area contributed by atoms with Gasteiger partial charge in [0.1, 0.15) is 0 Å². The summed E-state index contributed by atoms with van der Waals surface area (Å²) in [6.07, 6.45) is 3.65. The summed E-state index contributed by atoms with van der Waals surface area (Å²) < 4.78 is 5.12. The van der Waals surface area contributed by atoms with E-state index in [1.165, 1.54) is 31.5 Å². The normalized spacial score (nSPS) is 16.5. The van der Waals surface area contributed by atoms with Gasteiger partial charge in [0.15, 0.2) is 5.96 Å². The van der Waals surface area contributed by atoms with Crippen molar-refractivity contribution in [3.05, 3.63) is 35.9 Å². The molecule has 1 saturated heterocycles. The molecular weight excluding hydrogens is 350 g/mol. The number of nitrogens with one attached hydrogen (secondary N) is 2. The first kappa shape index (κ1) is 22.7. The molecule has 158 valence electrons. The van der Waals surface area contributed by atoms with Gasteiger partial charge in [0.2, 0.25) is 0 Å². The molecule has 1 atom stereocenters. The first-order chi connectivity index (χ1) is 13.7. The molecule has 1 aromatic carbocycles. The minimum absolute atomic E-state index is 0.357. The van der Waals surface area contributed by atoms with E-state index in [-0.39, 0.29) is 0 Å². The Kier molecular flexibility index (Phi) is 10.9. The van der Waals surface area contributed by atoms with Gasteiger partial charge in [0.25, 0.3) is 0 Å². The van der Waals surface area contributed by atoms with Gasteiger partial charge in [-0.1, -0.05) is 30.3 Å². The molecule has 28 heavy (non-hydrogen) atoms.